The molecule has 16 heavy (non-hydrogen) atoms. The zero-order valence-electron chi connectivity index (χ0n) is 9.40. The fourth-order valence-corrected chi connectivity index (χ4v) is 1.94. The summed E-state index contributed by atoms with van der Waals surface area (Å²) in [5, 5.41) is 0. The minimum Gasteiger partial charge on any atom is -0.496 e. The molecule has 1 aliphatic carbocycles. The van der Waals surface area contributed by atoms with Gasteiger partial charge in [-0.05, 0) is 18.6 Å². The molecule has 1 aliphatic rings. The van der Waals surface area contributed by atoms with E-state index < -0.39 is 5.41 Å². The van der Waals surface area contributed by atoms with Crippen LogP contribution in [0.1, 0.15) is 23.7 Å². The molecule has 0 aromatic heterocycles. The van der Waals surface area contributed by atoms with Gasteiger partial charge in [-0.1, -0.05) is 19.1 Å². The number of hydrogen-bond acceptors (Lipinski definition) is 3. The number of hydrogen-bond donors (Lipinski definition) is 0. The Kier molecular flexibility index (Phi) is 2.54. The fourth-order valence-electron chi connectivity index (χ4n) is 1.94. The Hall–Kier alpha value is -1.64. The Balaban J connectivity index is 2.26. The number of ketones is 1. The van der Waals surface area contributed by atoms with Gasteiger partial charge in [-0.2, -0.15) is 0 Å². The smallest absolute Gasteiger partial charge is 0.170 e. The van der Waals surface area contributed by atoms with Crippen molar-refractivity contribution in [2.24, 2.45) is 11.3 Å². The van der Waals surface area contributed by atoms with Gasteiger partial charge in [0.2, 0.25) is 0 Å². The molecule has 0 N–H and O–H groups in total. The third kappa shape index (κ3) is 1.62. The fraction of sp³-hybridized carbons (Fsp3) is 0.385. The lowest BCUT2D eigenvalue weighted by Gasteiger charge is -2.07. The van der Waals surface area contributed by atoms with Crippen LogP contribution in [0.25, 0.3) is 0 Å². The molecule has 0 aliphatic heterocycles. The molecular formula is C13H14O3. The first kappa shape index (κ1) is 10.9. The molecule has 2 rings (SSSR count). The van der Waals surface area contributed by atoms with Gasteiger partial charge in [0.05, 0.1) is 12.7 Å². The number of carbonyl (C=O) groups is 2. The maximum atomic E-state index is 12.1. The van der Waals surface area contributed by atoms with Crippen LogP contribution in [-0.2, 0) is 4.79 Å². The summed E-state index contributed by atoms with van der Waals surface area (Å²) < 4.78 is 5.14. The molecule has 3 nitrogen and oxygen atoms in total. The highest BCUT2D eigenvalue weighted by Gasteiger charge is 2.54. The first-order valence-electron chi connectivity index (χ1n) is 5.26. The molecule has 1 saturated carbocycles. The van der Waals surface area contributed by atoms with E-state index in [1.807, 2.05) is 13.0 Å². The van der Waals surface area contributed by atoms with Crippen LogP contribution in [0.2, 0.25) is 0 Å². The maximum Gasteiger partial charge on any atom is 0.170 e. The molecule has 0 bridgehead atoms. The Morgan fingerprint density at radius 2 is 2.19 bits per heavy atom. The predicted molar refractivity (Wildman–Crippen MR) is 59.6 cm³/mol. The molecule has 0 radical (unpaired) electrons. The van der Waals surface area contributed by atoms with Gasteiger partial charge in [-0.3, -0.25) is 4.79 Å². The van der Waals surface area contributed by atoms with Gasteiger partial charge in [0.15, 0.2) is 5.78 Å². The predicted octanol–water partition coefficient (Wildman–Crippen LogP) is 2.10. The minimum absolute atomic E-state index is 0.00653. The normalized spacial score (nSPS) is 27.2. The van der Waals surface area contributed by atoms with Gasteiger partial charge in [0.1, 0.15) is 12.0 Å². The van der Waals surface area contributed by atoms with Crippen LogP contribution in [0.4, 0.5) is 0 Å². The largest absolute Gasteiger partial charge is 0.496 e. The monoisotopic (exact) mass is 218 g/mol. The molecule has 1 aromatic rings. The van der Waals surface area contributed by atoms with E-state index in [4.69, 9.17) is 4.74 Å². The molecule has 1 fully saturated rings. The van der Waals surface area contributed by atoms with Crippen molar-refractivity contribution in [1.29, 1.82) is 0 Å². The molecule has 1 aromatic carbocycles. The Labute approximate surface area is 94.4 Å². The van der Waals surface area contributed by atoms with Crippen LogP contribution in [0.15, 0.2) is 24.3 Å². The molecule has 84 valence electrons. The van der Waals surface area contributed by atoms with Gasteiger partial charge in [-0.25, -0.2) is 0 Å². The third-order valence-corrected chi connectivity index (χ3v) is 3.24. The molecule has 2 atom stereocenters. The number of ether oxygens (including phenoxy) is 1. The van der Waals surface area contributed by atoms with Gasteiger partial charge >= 0.3 is 0 Å². The van der Waals surface area contributed by atoms with Gasteiger partial charge in [0.25, 0.3) is 0 Å². The first-order valence-corrected chi connectivity index (χ1v) is 5.26. The summed E-state index contributed by atoms with van der Waals surface area (Å²) in [6, 6.07) is 7.12. The zero-order chi connectivity index (χ0) is 11.8. The summed E-state index contributed by atoms with van der Waals surface area (Å²) in [5.74, 6) is 0.404. The highest BCUT2D eigenvalue weighted by Crippen LogP contribution is 2.52. The van der Waals surface area contributed by atoms with Crippen molar-refractivity contribution < 1.29 is 14.3 Å². The van der Waals surface area contributed by atoms with Crippen molar-refractivity contribution in [3.63, 3.8) is 0 Å². The van der Waals surface area contributed by atoms with E-state index in [0.29, 0.717) is 17.7 Å². The molecule has 3 heteroatoms. The maximum absolute atomic E-state index is 12.1. The number of methoxy groups -OCH3 is 1. The molecular weight excluding hydrogens is 204 g/mol. The number of Topliss-reactive ketones (excluding diaryl/α,β-unsaturated/α-hetero) is 1. The van der Waals surface area contributed by atoms with E-state index in [2.05, 4.69) is 0 Å². The van der Waals surface area contributed by atoms with E-state index in [0.717, 1.165) is 6.29 Å². The van der Waals surface area contributed by atoms with Crippen molar-refractivity contribution >= 4 is 12.1 Å². The standard InChI is InChI=1S/C13H14O3/c1-13(8-14)7-10(13)12(15)9-5-3-4-6-11(9)16-2/h3-6,8,10H,7H2,1-2H3. The third-order valence-electron chi connectivity index (χ3n) is 3.24. The summed E-state index contributed by atoms with van der Waals surface area (Å²) in [6.07, 6.45) is 1.53. The van der Waals surface area contributed by atoms with Crippen molar-refractivity contribution in [1.82, 2.24) is 0 Å². The quantitative estimate of drug-likeness (QED) is 0.574. The van der Waals surface area contributed by atoms with Gasteiger partial charge in [0, 0.05) is 11.3 Å². The summed E-state index contributed by atoms with van der Waals surface area (Å²) in [6.45, 7) is 1.82. The first-order chi connectivity index (χ1) is 7.62. The van der Waals surface area contributed by atoms with Gasteiger partial charge < -0.3 is 9.53 Å². The second-order valence-electron chi connectivity index (χ2n) is 4.44. The number of aldehydes is 1. The minimum atomic E-state index is -0.460. The van der Waals surface area contributed by atoms with E-state index in [1.54, 1.807) is 18.2 Å². The van der Waals surface area contributed by atoms with Crippen LogP contribution >= 0.6 is 0 Å². The van der Waals surface area contributed by atoms with Crippen LogP contribution in [-0.4, -0.2) is 19.2 Å². The second-order valence-corrected chi connectivity index (χ2v) is 4.44. The Morgan fingerprint density at radius 3 is 2.75 bits per heavy atom. The molecule has 0 heterocycles. The van der Waals surface area contributed by atoms with Crippen LogP contribution < -0.4 is 4.74 Å². The number of benzene rings is 1. The number of carbonyl (C=O) groups excluding carboxylic acids is 2. The Bertz CT molecular complexity index is 439. The molecule has 0 spiro atoms. The van der Waals surface area contributed by atoms with E-state index >= 15 is 0 Å². The highest BCUT2D eigenvalue weighted by atomic mass is 16.5. The average molecular weight is 218 g/mol. The van der Waals surface area contributed by atoms with Crippen LogP contribution in [0.3, 0.4) is 0 Å². The average Bonchev–Trinajstić information content (AvgIpc) is 3.01. The number of para-hydroxylation sites is 1. The van der Waals surface area contributed by atoms with Crippen LogP contribution in [0, 0.1) is 11.3 Å². The summed E-state index contributed by atoms with van der Waals surface area (Å²) in [5.41, 5.74) is 0.110. The van der Waals surface area contributed by atoms with Gasteiger partial charge in [-0.15, -0.1) is 0 Å². The van der Waals surface area contributed by atoms with Crippen molar-refractivity contribution in [2.75, 3.05) is 7.11 Å². The molecule has 0 amide bonds. The summed E-state index contributed by atoms with van der Waals surface area (Å²) >= 11 is 0. The topological polar surface area (TPSA) is 43.4 Å². The van der Waals surface area contributed by atoms with Crippen molar-refractivity contribution in [3.05, 3.63) is 29.8 Å². The van der Waals surface area contributed by atoms with Crippen molar-refractivity contribution in [3.8, 4) is 5.75 Å². The lowest BCUT2D eigenvalue weighted by atomic mass is 10.0. The highest BCUT2D eigenvalue weighted by molar-refractivity contribution is 6.04. The molecule has 0 saturated heterocycles. The van der Waals surface area contributed by atoms with E-state index in [9.17, 15) is 9.59 Å². The summed E-state index contributed by atoms with van der Waals surface area (Å²) in [7, 11) is 1.54. The van der Waals surface area contributed by atoms with E-state index in [-0.39, 0.29) is 11.7 Å². The Morgan fingerprint density at radius 1 is 1.50 bits per heavy atom. The SMILES string of the molecule is COc1ccccc1C(=O)C1CC1(C)C=O. The lowest BCUT2D eigenvalue weighted by Crippen LogP contribution is -2.10. The zero-order valence-corrected chi connectivity index (χ0v) is 9.40. The molecule has 2 unspecified atom stereocenters. The summed E-state index contributed by atoms with van der Waals surface area (Å²) in [4.78, 5) is 22.9. The van der Waals surface area contributed by atoms with Crippen LogP contribution in [0.5, 0.6) is 5.75 Å². The number of rotatable bonds is 4. The van der Waals surface area contributed by atoms with E-state index in [1.165, 1.54) is 7.11 Å². The van der Waals surface area contributed by atoms with Crippen molar-refractivity contribution in [2.45, 2.75) is 13.3 Å². The lowest BCUT2D eigenvalue weighted by molar-refractivity contribution is -0.112. The second kappa shape index (κ2) is 3.74.